The standard InChI is InChI=1S/C27H30N2O2/c1-28(2)25-14-12-23(13-15-25)26(29-18-16-24(17-19-29)27(30)31)22-10-8-21(9-11-22)20-6-4-3-5-7-20/h3-15,24,26H,16-19H2,1-2H3,(H,30,31). The van der Waals surface area contributed by atoms with E-state index in [4.69, 9.17) is 0 Å². The summed E-state index contributed by atoms with van der Waals surface area (Å²) in [6.07, 6.45) is 1.40. The van der Waals surface area contributed by atoms with Gasteiger partial charge in [-0.2, -0.15) is 0 Å². The molecule has 0 bridgehead atoms. The molecule has 0 aliphatic carbocycles. The Kier molecular flexibility index (Phi) is 6.38. The lowest BCUT2D eigenvalue weighted by atomic mass is 9.90. The third kappa shape index (κ3) is 4.80. The van der Waals surface area contributed by atoms with Crippen molar-refractivity contribution in [1.29, 1.82) is 0 Å². The first kappa shape index (κ1) is 21.1. The number of likely N-dealkylation sites (tertiary alicyclic amines) is 1. The molecule has 1 atom stereocenters. The molecule has 0 saturated carbocycles. The molecule has 0 spiro atoms. The number of piperidine rings is 1. The Bertz CT molecular complexity index is 990. The van der Waals surface area contributed by atoms with Gasteiger partial charge in [0.25, 0.3) is 0 Å². The number of hydrogen-bond donors (Lipinski definition) is 1. The van der Waals surface area contributed by atoms with Crippen LogP contribution in [0.5, 0.6) is 0 Å². The lowest BCUT2D eigenvalue weighted by Gasteiger charge is -2.37. The van der Waals surface area contributed by atoms with E-state index in [-0.39, 0.29) is 12.0 Å². The third-order valence-corrected chi connectivity index (χ3v) is 6.30. The molecule has 0 radical (unpaired) electrons. The topological polar surface area (TPSA) is 43.8 Å². The highest BCUT2D eigenvalue weighted by molar-refractivity contribution is 5.70. The van der Waals surface area contributed by atoms with Crippen LogP contribution in [0.25, 0.3) is 11.1 Å². The Morgan fingerprint density at radius 1 is 0.839 bits per heavy atom. The third-order valence-electron chi connectivity index (χ3n) is 6.30. The molecule has 1 aliphatic heterocycles. The van der Waals surface area contributed by atoms with Gasteiger partial charge >= 0.3 is 5.97 Å². The molecule has 3 aromatic carbocycles. The number of anilines is 1. The van der Waals surface area contributed by atoms with Crippen LogP contribution in [0, 0.1) is 5.92 Å². The van der Waals surface area contributed by atoms with E-state index in [1.807, 2.05) is 20.2 Å². The number of aliphatic carboxylic acids is 1. The van der Waals surface area contributed by atoms with Gasteiger partial charge in [0.05, 0.1) is 12.0 Å². The predicted molar refractivity (Wildman–Crippen MR) is 126 cm³/mol. The Labute approximate surface area is 184 Å². The Morgan fingerprint density at radius 3 is 1.87 bits per heavy atom. The quantitative estimate of drug-likeness (QED) is 0.594. The molecule has 160 valence electrons. The molecule has 3 aromatic rings. The van der Waals surface area contributed by atoms with E-state index in [0.29, 0.717) is 12.8 Å². The highest BCUT2D eigenvalue weighted by atomic mass is 16.4. The fourth-order valence-corrected chi connectivity index (χ4v) is 4.46. The second kappa shape index (κ2) is 9.36. The Hall–Kier alpha value is -3.11. The van der Waals surface area contributed by atoms with Crippen molar-refractivity contribution < 1.29 is 9.90 Å². The van der Waals surface area contributed by atoms with Crippen molar-refractivity contribution in [2.45, 2.75) is 18.9 Å². The van der Waals surface area contributed by atoms with Gasteiger partial charge in [-0.15, -0.1) is 0 Å². The molecule has 1 N–H and O–H groups in total. The molecule has 1 fully saturated rings. The van der Waals surface area contributed by atoms with Crippen LogP contribution in [0.2, 0.25) is 0 Å². The van der Waals surface area contributed by atoms with Gasteiger partial charge in [0, 0.05) is 19.8 Å². The number of carbonyl (C=O) groups is 1. The second-order valence-electron chi connectivity index (χ2n) is 8.53. The summed E-state index contributed by atoms with van der Waals surface area (Å²) in [7, 11) is 4.09. The van der Waals surface area contributed by atoms with Gasteiger partial charge in [0.2, 0.25) is 0 Å². The summed E-state index contributed by atoms with van der Waals surface area (Å²) in [6, 6.07) is 28.1. The molecule has 1 unspecified atom stereocenters. The van der Waals surface area contributed by atoms with Gasteiger partial charge in [-0.05, 0) is 60.3 Å². The first-order valence-electron chi connectivity index (χ1n) is 10.9. The summed E-state index contributed by atoms with van der Waals surface area (Å²) in [5, 5.41) is 9.40. The first-order valence-corrected chi connectivity index (χ1v) is 10.9. The molecule has 1 aliphatic rings. The summed E-state index contributed by atoms with van der Waals surface area (Å²) >= 11 is 0. The van der Waals surface area contributed by atoms with E-state index in [1.165, 1.54) is 27.9 Å². The van der Waals surface area contributed by atoms with Gasteiger partial charge in [-0.3, -0.25) is 9.69 Å². The van der Waals surface area contributed by atoms with Crippen LogP contribution >= 0.6 is 0 Å². The number of benzene rings is 3. The van der Waals surface area contributed by atoms with Gasteiger partial charge < -0.3 is 10.0 Å². The zero-order valence-corrected chi connectivity index (χ0v) is 18.2. The number of rotatable bonds is 6. The average Bonchev–Trinajstić information content (AvgIpc) is 2.81. The van der Waals surface area contributed by atoms with Crippen molar-refractivity contribution in [1.82, 2.24) is 4.90 Å². The van der Waals surface area contributed by atoms with E-state index in [1.54, 1.807) is 0 Å². The normalized spacial score (nSPS) is 16.1. The minimum absolute atomic E-state index is 0.121. The summed E-state index contributed by atoms with van der Waals surface area (Å²) in [5.41, 5.74) is 6.07. The van der Waals surface area contributed by atoms with E-state index < -0.39 is 5.97 Å². The van der Waals surface area contributed by atoms with Gasteiger partial charge in [-0.25, -0.2) is 0 Å². The van der Waals surface area contributed by atoms with E-state index in [0.717, 1.165) is 13.1 Å². The van der Waals surface area contributed by atoms with Crippen molar-refractivity contribution >= 4 is 11.7 Å². The summed E-state index contributed by atoms with van der Waals surface area (Å²) < 4.78 is 0. The lowest BCUT2D eigenvalue weighted by Crippen LogP contribution is -2.39. The van der Waals surface area contributed by atoms with E-state index >= 15 is 0 Å². The summed E-state index contributed by atoms with van der Waals surface area (Å²) in [4.78, 5) is 16.0. The van der Waals surface area contributed by atoms with Crippen molar-refractivity contribution in [2.75, 3.05) is 32.1 Å². The SMILES string of the molecule is CN(C)c1ccc(C(c2ccc(-c3ccccc3)cc2)N2CCC(C(=O)O)CC2)cc1. The molecule has 31 heavy (non-hydrogen) atoms. The highest BCUT2D eigenvalue weighted by Gasteiger charge is 2.30. The van der Waals surface area contributed by atoms with Gasteiger partial charge in [0.15, 0.2) is 0 Å². The van der Waals surface area contributed by atoms with E-state index in [2.05, 4.69) is 82.6 Å². The minimum Gasteiger partial charge on any atom is -0.481 e. The van der Waals surface area contributed by atoms with Crippen LogP contribution in [0.4, 0.5) is 5.69 Å². The largest absolute Gasteiger partial charge is 0.481 e. The maximum Gasteiger partial charge on any atom is 0.306 e. The Balaban J connectivity index is 1.64. The van der Waals surface area contributed by atoms with Gasteiger partial charge in [-0.1, -0.05) is 66.7 Å². The predicted octanol–water partition coefficient (Wildman–Crippen LogP) is 5.31. The molecule has 4 rings (SSSR count). The smallest absolute Gasteiger partial charge is 0.306 e. The Morgan fingerprint density at radius 2 is 1.35 bits per heavy atom. The zero-order valence-electron chi connectivity index (χ0n) is 18.2. The van der Waals surface area contributed by atoms with Crippen molar-refractivity contribution in [2.24, 2.45) is 5.92 Å². The van der Waals surface area contributed by atoms with Crippen LogP contribution in [-0.2, 0) is 4.79 Å². The van der Waals surface area contributed by atoms with E-state index in [9.17, 15) is 9.90 Å². The first-order chi connectivity index (χ1) is 15.0. The number of carboxylic acids is 1. The highest BCUT2D eigenvalue weighted by Crippen LogP contribution is 2.34. The summed E-state index contributed by atoms with van der Waals surface area (Å²) in [5.74, 6) is -0.896. The monoisotopic (exact) mass is 414 g/mol. The minimum atomic E-state index is -0.668. The second-order valence-corrected chi connectivity index (χ2v) is 8.53. The maximum absolute atomic E-state index is 11.4. The molecule has 4 nitrogen and oxygen atoms in total. The molecular formula is C27H30N2O2. The van der Waals surface area contributed by atoms with Gasteiger partial charge in [0.1, 0.15) is 0 Å². The van der Waals surface area contributed by atoms with Crippen LogP contribution < -0.4 is 4.90 Å². The molecular weight excluding hydrogens is 384 g/mol. The molecule has 0 aromatic heterocycles. The van der Waals surface area contributed by atoms with Crippen LogP contribution in [0.3, 0.4) is 0 Å². The van der Waals surface area contributed by atoms with Crippen molar-refractivity contribution in [3.8, 4) is 11.1 Å². The number of nitrogens with zero attached hydrogens (tertiary/aromatic N) is 2. The zero-order chi connectivity index (χ0) is 21.8. The van der Waals surface area contributed by atoms with Crippen LogP contribution in [0.15, 0.2) is 78.9 Å². The number of carboxylic acid groups (broad SMARTS) is 1. The average molecular weight is 415 g/mol. The van der Waals surface area contributed by atoms with Crippen LogP contribution in [-0.4, -0.2) is 43.2 Å². The summed E-state index contributed by atoms with van der Waals surface area (Å²) in [6.45, 7) is 1.58. The molecule has 1 saturated heterocycles. The fraction of sp³-hybridized carbons (Fsp3) is 0.296. The molecule has 4 heteroatoms. The van der Waals surface area contributed by atoms with Crippen molar-refractivity contribution in [3.63, 3.8) is 0 Å². The maximum atomic E-state index is 11.4. The lowest BCUT2D eigenvalue weighted by molar-refractivity contribution is -0.143. The number of hydrogen-bond acceptors (Lipinski definition) is 3. The molecule has 0 amide bonds. The molecule has 1 heterocycles. The van der Waals surface area contributed by atoms with Crippen molar-refractivity contribution in [3.05, 3.63) is 90.0 Å². The van der Waals surface area contributed by atoms with Crippen LogP contribution in [0.1, 0.15) is 30.0 Å². The fourth-order valence-electron chi connectivity index (χ4n) is 4.46.